The highest BCUT2D eigenvalue weighted by Gasteiger charge is 2.67. The molecule has 2 bridgehead atoms. The first-order valence-electron chi connectivity index (χ1n) is 11.6. The predicted molar refractivity (Wildman–Crippen MR) is 122 cm³/mol. The van der Waals surface area contributed by atoms with Crippen LogP contribution in [0.4, 0.5) is 5.69 Å². The maximum Gasteiger partial charge on any atom is 0.248 e. The fraction of sp³-hybridized carbons (Fsp3) is 0.370. The predicted octanol–water partition coefficient (Wildman–Crippen LogP) is 3.30. The number of allylic oxidation sites excluding steroid dienone is 2. The molecule has 1 aliphatic heterocycles. The molecular formula is C27H26N2O4. The van der Waals surface area contributed by atoms with E-state index in [9.17, 15) is 14.4 Å². The number of nitrogens with one attached hydrogen (secondary N) is 1. The first kappa shape index (κ1) is 20.2. The van der Waals surface area contributed by atoms with Crippen LogP contribution in [0.25, 0.3) is 0 Å². The number of likely N-dealkylation sites (tertiary alicyclic amines) is 1. The fourth-order valence-electron chi connectivity index (χ4n) is 6.33. The van der Waals surface area contributed by atoms with Gasteiger partial charge in [-0.1, -0.05) is 42.5 Å². The van der Waals surface area contributed by atoms with Gasteiger partial charge in [-0.15, -0.1) is 0 Å². The van der Waals surface area contributed by atoms with E-state index >= 15 is 0 Å². The van der Waals surface area contributed by atoms with Crippen LogP contribution in [0.5, 0.6) is 5.75 Å². The summed E-state index contributed by atoms with van der Waals surface area (Å²) < 4.78 is 5.19. The lowest BCUT2D eigenvalue weighted by Crippen LogP contribution is -2.49. The zero-order valence-corrected chi connectivity index (χ0v) is 18.4. The topological polar surface area (TPSA) is 75.7 Å². The highest BCUT2D eigenvalue weighted by Crippen LogP contribution is 2.65. The summed E-state index contributed by atoms with van der Waals surface area (Å²) in [5.41, 5.74) is 1.50. The molecule has 3 amide bonds. The second kappa shape index (κ2) is 7.58. The number of hydrogen-bond donors (Lipinski definition) is 1. The number of benzene rings is 2. The number of methoxy groups -OCH3 is 1. The lowest BCUT2D eigenvalue weighted by atomic mass is 9.63. The van der Waals surface area contributed by atoms with Crippen LogP contribution in [0.3, 0.4) is 0 Å². The van der Waals surface area contributed by atoms with E-state index in [1.165, 1.54) is 4.90 Å². The molecule has 0 aromatic heterocycles. The van der Waals surface area contributed by atoms with Crippen molar-refractivity contribution in [2.24, 2.45) is 35.5 Å². The van der Waals surface area contributed by atoms with Gasteiger partial charge >= 0.3 is 0 Å². The molecule has 4 aliphatic carbocycles. The molecule has 2 saturated carbocycles. The van der Waals surface area contributed by atoms with Crippen LogP contribution < -0.4 is 10.1 Å². The zero-order chi connectivity index (χ0) is 22.7. The summed E-state index contributed by atoms with van der Waals surface area (Å²) >= 11 is 0. The standard InChI is InChI=1S/C27H26N2O4/c1-33-17-9-7-16(8-10-17)28-25(30)22(13-15-5-3-2-4-6-15)29-26(31)23-18-11-12-19(21-14-20(18)21)24(23)27(29)32/h2-12,18-24H,13-14H2,1H3,(H,28,30)/t18-,19-,20-,21-,22-,23+,24+/m0/s1. The van der Waals surface area contributed by atoms with E-state index in [-0.39, 0.29) is 47.8 Å². The van der Waals surface area contributed by atoms with Gasteiger partial charge in [0.25, 0.3) is 0 Å². The summed E-state index contributed by atoms with van der Waals surface area (Å²) in [4.78, 5) is 42.1. The molecular weight excluding hydrogens is 416 g/mol. The molecule has 7 atom stereocenters. The Hall–Kier alpha value is -3.41. The van der Waals surface area contributed by atoms with Crippen molar-refractivity contribution >= 4 is 23.4 Å². The maximum absolute atomic E-state index is 13.7. The van der Waals surface area contributed by atoms with Gasteiger partial charge in [-0.3, -0.25) is 19.3 Å². The third kappa shape index (κ3) is 3.19. The fourth-order valence-corrected chi connectivity index (χ4v) is 6.33. The van der Waals surface area contributed by atoms with Crippen LogP contribution in [0.2, 0.25) is 0 Å². The van der Waals surface area contributed by atoms with Crippen molar-refractivity contribution < 1.29 is 19.1 Å². The molecule has 0 radical (unpaired) electrons. The lowest BCUT2D eigenvalue weighted by Gasteiger charge is -2.37. The van der Waals surface area contributed by atoms with E-state index < -0.39 is 6.04 Å². The van der Waals surface area contributed by atoms with Gasteiger partial charge in [-0.05, 0) is 59.9 Å². The Morgan fingerprint density at radius 1 is 0.970 bits per heavy atom. The molecule has 2 aromatic rings. The van der Waals surface area contributed by atoms with Gasteiger partial charge in [0, 0.05) is 12.1 Å². The summed E-state index contributed by atoms with van der Waals surface area (Å²) in [5, 5.41) is 2.91. The van der Waals surface area contributed by atoms with Crippen LogP contribution in [0, 0.1) is 35.5 Å². The summed E-state index contributed by atoms with van der Waals surface area (Å²) in [6, 6.07) is 15.7. The Morgan fingerprint density at radius 2 is 1.58 bits per heavy atom. The second-order valence-electron chi connectivity index (χ2n) is 9.62. The molecule has 5 aliphatic rings. The number of rotatable bonds is 6. The van der Waals surface area contributed by atoms with Gasteiger partial charge in [0.15, 0.2) is 0 Å². The molecule has 33 heavy (non-hydrogen) atoms. The number of amides is 3. The van der Waals surface area contributed by atoms with Crippen LogP contribution in [0.1, 0.15) is 12.0 Å². The Bertz CT molecular complexity index is 1110. The van der Waals surface area contributed by atoms with E-state index in [1.807, 2.05) is 30.3 Å². The lowest BCUT2D eigenvalue weighted by molar-refractivity contribution is -0.146. The smallest absolute Gasteiger partial charge is 0.248 e. The van der Waals surface area contributed by atoms with E-state index in [0.29, 0.717) is 23.3 Å². The summed E-state index contributed by atoms with van der Waals surface area (Å²) in [6.45, 7) is 0. The number of carbonyl (C=O) groups is 3. The Balaban J connectivity index is 1.31. The van der Waals surface area contributed by atoms with Gasteiger partial charge in [-0.2, -0.15) is 0 Å². The number of nitrogens with zero attached hydrogens (tertiary/aromatic N) is 1. The average molecular weight is 443 g/mol. The zero-order valence-electron chi connectivity index (χ0n) is 18.4. The van der Waals surface area contributed by atoms with E-state index in [0.717, 1.165) is 12.0 Å². The highest BCUT2D eigenvalue weighted by atomic mass is 16.5. The van der Waals surface area contributed by atoms with Crippen molar-refractivity contribution in [1.29, 1.82) is 0 Å². The van der Waals surface area contributed by atoms with Gasteiger partial charge in [0.1, 0.15) is 11.8 Å². The molecule has 0 spiro atoms. The van der Waals surface area contributed by atoms with Crippen molar-refractivity contribution in [3.05, 3.63) is 72.3 Å². The molecule has 1 N–H and O–H groups in total. The van der Waals surface area contributed by atoms with Crippen molar-refractivity contribution in [2.75, 3.05) is 12.4 Å². The Labute approximate surface area is 192 Å². The summed E-state index contributed by atoms with van der Waals surface area (Å²) in [6.07, 6.45) is 5.70. The van der Waals surface area contributed by atoms with Crippen LogP contribution >= 0.6 is 0 Å². The molecule has 2 aromatic carbocycles. The maximum atomic E-state index is 13.7. The van der Waals surface area contributed by atoms with Gasteiger partial charge in [0.2, 0.25) is 17.7 Å². The van der Waals surface area contributed by atoms with E-state index in [4.69, 9.17) is 4.74 Å². The monoisotopic (exact) mass is 442 g/mol. The van der Waals surface area contributed by atoms with Crippen LogP contribution in [-0.2, 0) is 20.8 Å². The number of anilines is 1. The second-order valence-corrected chi connectivity index (χ2v) is 9.62. The molecule has 168 valence electrons. The first-order valence-corrected chi connectivity index (χ1v) is 11.6. The molecule has 3 fully saturated rings. The van der Waals surface area contributed by atoms with E-state index in [1.54, 1.807) is 31.4 Å². The number of carbonyl (C=O) groups excluding carboxylic acids is 3. The van der Waals surface area contributed by atoms with Crippen molar-refractivity contribution in [1.82, 2.24) is 4.90 Å². The minimum atomic E-state index is -0.893. The Kier molecular flexibility index (Phi) is 4.64. The number of hydrogen-bond acceptors (Lipinski definition) is 4. The Morgan fingerprint density at radius 3 is 2.15 bits per heavy atom. The SMILES string of the molecule is COc1ccc(NC(=O)[C@H](Cc2ccccc2)N2C(=O)[C@@H]3[C@H]4C=C[C@@H]([C@@H]5C[C@@H]45)[C@H]3C2=O)cc1. The van der Waals surface area contributed by atoms with Gasteiger partial charge < -0.3 is 10.1 Å². The van der Waals surface area contributed by atoms with Gasteiger partial charge in [0.05, 0.1) is 18.9 Å². The largest absolute Gasteiger partial charge is 0.497 e. The molecule has 6 heteroatoms. The molecule has 1 heterocycles. The number of ether oxygens (including phenoxy) is 1. The number of imide groups is 1. The van der Waals surface area contributed by atoms with E-state index in [2.05, 4.69) is 17.5 Å². The average Bonchev–Trinajstić information content (AvgIpc) is 3.62. The highest BCUT2D eigenvalue weighted by molar-refractivity contribution is 6.10. The summed E-state index contributed by atoms with van der Waals surface area (Å²) in [5.74, 6) is 0.658. The van der Waals surface area contributed by atoms with Gasteiger partial charge in [-0.25, -0.2) is 0 Å². The van der Waals surface area contributed by atoms with Crippen LogP contribution in [0.15, 0.2) is 66.7 Å². The normalized spacial score (nSPS) is 31.7. The summed E-state index contributed by atoms with van der Waals surface area (Å²) in [7, 11) is 1.58. The quantitative estimate of drug-likeness (QED) is 0.550. The third-order valence-corrected chi connectivity index (χ3v) is 7.94. The minimum absolute atomic E-state index is 0.133. The molecule has 1 saturated heterocycles. The van der Waals surface area contributed by atoms with Crippen molar-refractivity contribution in [3.8, 4) is 5.75 Å². The minimum Gasteiger partial charge on any atom is -0.497 e. The van der Waals surface area contributed by atoms with Crippen molar-refractivity contribution in [3.63, 3.8) is 0 Å². The molecule has 7 rings (SSSR count). The first-order chi connectivity index (χ1) is 16.1. The third-order valence-electron chi connectivity index (χ3n) is 7.94. The molecule has 6 nitrogen and oxygen atoms in total. The molecule has 0 unspecified atom stereocenters. The van der Waals surface area contributed by atoms with Crippen LogP contribution in [-0.4, -0.2) is 35.8 Å². The van der Waals surface area contributed by atoms with Crippen molar-refractivity contribution in [2.45, 2.75) is 18.9 Å².